The van der Waals surface area contributed by atoms with Crippen LogP contribution in [0.15, 0.2) is 91.4 Å². The summed E-state index contributed by atoms with van der Waals surface area (Å²) in [6.45, 7) is 3.86. The SMILES string of the molecule is Cc1cc(C)cc(N(C(=O)c2cnccn2)C(C(=O)Nc2ccc(F)cc2)c2ccccc2)c1. The van der Waals surface area contributed by atoms with Crippen LogP contribution in [-0.2, 0) is 4.79 Å². The molecule has 7 heteroatoms. The third-order valence-electron chi connectivity index (χ3n) is 5.22. The molecule has 170 valence electrons. The second kappa shape index (κ2) is 10.0. The van der Waals surface area contributed by atoms with Gasteiger partial charge < -0.3 is 5.32 Å². The van der Waals surface area contributed by atoms with Gasteiger partial charge in [0, 0.05) is 23.8 Å². The van der Waals surface area contributed by atoms with E-state index in [1.54, 1.807) is 24.3 Å². The van der Waals surface area contributed by atoms with Crippen molar-refractivity contribution in [1.82, 2.24) is 9.97 Å². The molecule has 0 aliphatic carbocycles. The van der Waals surface area contributed by atoms with Crippen molar-refractivity contribution >= 4 is 23.2 Å². The van der Waals surface area contributed by atoms with Crippen molar-refractivity contribution in [2.45, 2.75) is 19.9 Å². The van der Waals surface area contributed by atoms with Gasteiger partial charge in [-0.3, -0.25) is 19.5 Å². The van der Waals surface area contributed by atoms with Crippen LogP contribution >= 0.6 is 0 Å². The molecule has 4 aromatic rings. The van der Waals surface area contributed by atoms with Crippen molar-refractivity contribution in [1.29, 1.82) is 0 Å². The van der Waals surface area contributed by atoms with Crippen LogP contribution in [0, 0.1) is 19.7 Å². The average molecular weight is 455 g/mol. The highest BCUT2D eigenvalue weighted by Crippen LogP contribution is 2.31. The lowest BCUT2D eigenvalue weighted by molar-refractivity contribution is -0.117. The summed E-state index contributed by atoms with van der Waals surface area (Å²) in [6.07, 6.45) is 4.29. The van der Waals surface area contributed by atoms with E-state index in [0.717, 1.165) is 11.1 Å². The minimum Gasteiger partial charge on any atom is -0.324 e. The predicted octanol–water partition coefficient (Wildman–Crippen LogP) is 5.26. The van der Waals surface area contributed by atoms with Crippen molar-refractivity contribution in [2.75, 3.05) is 10.2 Å². The number of nitrogens with one attached hydrogen (secondary N) is 1. The fraction of sp³-hybridized carbons (Fsp3) is 0.111. The zero-order chi connectivity index (χ0) is 24.1. The molecule has 0 aliphatic heterocycles. The van der Waals surface area contributed by atoms with E-state index in [1.807, 2.05) is 38.1 Å². The molecule has 1 unspecified atom stereocenters. The second-order valence-corrected chi connectivity index (χ2v) is 7.92. The van der Waals surface area contributed by atoms with Crippen molar-refractivity contribution in [3.05, 3.63) is 120 Å². The minimum absolute atomic E-state index is 0.108. The summed E-state index contributed by atoms with van der Waals surface area (Å²) in [4.78, 5) is 37.1. The molecular formula is C27H23FN4O2. The monoisotopic (exact) mass is 454 g/mol. The summed E-state index contributed by atoms with van der Waals surface area (Å²) >= 11 is 0. The maximum Gasteiger partial charge on any atom is 0.279 e. The molecule has 0 saturated heterocycles. The first-order valence-electron chi connectivity index (χ1n) is 10.7. The quantitative estimate of drug-likeness (QED) is 0.431. The molecule has 1 N–H and O–H groups in total. The molecule has 3 aromatic carbocycles. The molecule has 2 amide bonds. The Morgan fingerprint density at radius 3 is 2.21 bits per heavy atom. The van der Waals surface area contributed by atoms with Crippen molar-refractivity contribution in [2.24, 2.45) is 0 Å². The van der Waals surface area contributed by atoms with Crippen molar-refractivity contribution < 1.29 is 14.0 Å². The highest BCUT2D eigenvalue weighted by molar-refractivity contribution is 6.11. The number of benzene rings is 3. The smallest absolute Gasteiger partial charge is 0.279 e. The number of rotatable bonds is 6. The number of carbonyl (C=O) groups excluding carboxylic acids is 2. The molecule has 4 rings (SSSR count). The Balaban J connectivity index is 1.85. The van der Waals surface area contributed by atoms with E-state index in [2.05, 4.69) is 15.3 Å². The number of anilines is 2. The number of nitrogens with zero attached hydrogens (tertiary/aromatic N) is 3. The Kier molecular flexibility index (Phi) is 6.73. The van der Waals surface area contributed by atoms with E-state index in [1.165, 1.54) is 47.8 Å². The number of carbonyl (C=O) groups is 2. The van der Waals surface area contributed by atoms with Gasteiger partial charge in [-0.25, -0.2) is 9.37 Å². The number of aryl methyl sites for hydroxylation is 2. The highest BCUT2D eigenvalue weighted by atomic mass is 19.1. The molecule has 0 fully saturated rings. The zero-order valence-electron chi connectivity index (χ0n) is 18.8. The minimum atomic E-state index is -1.03. The average Bonchev–Trinajstić information content (AvgIpc) is 2.84. The van der Waals surface area contributed by atoms with Crippen LogP contribution in [0.4, 0.5) is 15.8 Å². The highest BCUT2D eigenvalue weighted by Gasteiger charge is 2.34. The van der Waals surface area contributed by atoms with Gasteiger partial charge in [0.2, 0.25) is 0 Å². The summed E-state index contributed by atoms with van der Waals surface area (Å²) < 4.78 is 13.4. The first-order chi connectivity index (χ1) is 16.4. The molecule has 1 aromatic heterocycles. The molecule has 0 saturated carbocycles. The van der Waals surface area contributed by atoms with E-state index < -0.39 is 23.7 Å². The molecule has 0 bridgehead atoms. The lowest BCUT2D eigenvalue weighted by Gasteiger charge is -2.31. The van der Waals surface area contributed by atoms with Gasteiger partial charge in [-0.05, 0) is 66.9 Å². The first kappa shape index (κ1) is 22.8. The Hall–Kier alpha value is -4.39. The van der Waals surface area contributed by atoms with Crippen LogP contribution in [0.25, 0.3) is 0 Å². The molecule has 34 heavy (non-hydrogen) atoms. The van der Waals surface area contributed by atoms with Crippen molar-refractivity contribution in [3.8, 4) is 0 Å². The van der Waals surface area contributed by atoms with Gasteiger partial charge in [-0.2, -0.15) is 0 Å². The number of halogens is 1. The lowest BCUT2D eigenvalue weighted by Crippen LogP contribution is -2.42. The van der Waals surface area contributed by atoms with Crippen LogP contribution < -0.4 is 10.2 Å². The Morgan fingerprint density at radius 1 is 0.912 bits per heavy atom. The van der Waals surface area contributed by atoms with Gasteiger partial charge in [-0.15, -0.1) is 0 Å². The maximum absolute atomic E-state index is 13.8. The summed E-state index contributed by atoms with van der Waals surface area (Å²) in [6, 6.07) is 19.2. The number of aromatic nitrogens is 2. The fourth-order valence-corrected chi connectivity index (χ4v) is 3.80. The van der Waals surface area contributed by atoms with E-state index in [4.69, 9.17) is 0 Å². The standard InChI is InChI=1S/C27H23FN4O2/c1-18-14-19(2)16-23(15-18)32(27(34)24-17-29-12-13-30-24)25(20-6-4-3-5-7-20)26(33)31-22-10-8-21(28)9-11-22/h3-17,25H,1-2H3,(H,31,33). The van der Waals surface area contributed by atoms with Crippen molar-refractivity contribution in [3.63, 3.8) is 0 Å². The summed E-state index contributed by atoms with van der Waals surface area (Å²) in [5.41, 5.74) is 3.57. The van der Waals surface area contributed by atoms with Crippen LogP contribution in [0.5, 0.6) is 0 Å². The molecule has 1 heterocycles. The molecule has 0 radical (unpaired) electrons. The van der Waals surface area contributed by atoms with E-state index in [0.29, 0.717) is 16.9 Å². The van der Waals surface area contributed by atoms with Gasteiger partial charge in [0.05, 0.1) is 6.20 Å². The Labute approximate surface area is 197 Å². The van der Waals surface area contributed by atoms with Gasteiger partial charge in [0.15, 0.2) is 0 Å². The third-order valence-corrected chi connectivity index (χ3v) is 5.22. The van der Waals surface area contributed by atoms with Gasteiger partial charge in [-0.1, -0.05) is 36.4 Å². The largest absolute Gasteiger partial charge is 0.324 e. The van der Waals surface area contributed by atoms with Crippen LogP contribution in [0.2, 0.25) is 0 Å². The summed E-state index contributed by atoms with van der Waals surface area (Å²) in [5, 5.41) is 2.82. The molecule has 0 aliphatic rings. The second-order valence-electron chi connectivity index (χ2n) is 7.92. The first-order valence-corrected chi connectivity index (χ1v) is 10.7. The molecular weight excluding hydrogens is 431 g/mol. The number of hydrogen-bond acceptors (Lipinski definition) is 4. The lowest BCUT2D eigenvalue weighted by atomic mass is 10.0. The number of amides is 2. The fourth-order valence-electron chi connectivity index (χ4n) is 3.80. The van der Waals surface area contributed by atoms with Gasteiger partial charge >= 0.3 is 0 Å². The summed E-state index contributed by atoms with van der Waals surface area (Å²) in [7, 11) is 0. The Bertz CT molecular complexity index is 1280. The van der Waals surface area contributed by atoms with E-state index in [-0.39, 0.29) is 5.69 Å². The van der Waals surface area contributed by atoms with E-state index >= 15 is 0 Å². The van der Waals surface area contributed by atoms with E-state index in [9.17, 15) is 14.0 Å². The molecule has 6 nitrogen and oxygen atoms in total. The summed E-state index contributed by atoms with van der Waals surface area (Å²) in [5.74, 6) is -1.33. The van der Waals surface area contributed by atoms with Crippen LogP contribution in [0.3, 0.4) is 0 Å². The number of hydrogen-bond donors (Lipinski definition) is 1. The Morgan fingerprint density at radius 2 is 1.59 bits per heavy atom. The normalized spacial score (nSPS) is 11.5. The van der Waals surface area contributed by atoms with Gasteiger partial charge in [0.25, 0.3) is 11.8 Å². The third kappa shape index (κ3) is 5.15. The van der Waals surface area contributed by atoms with Crippen LogP contribution in [-0.4, -0.2) is 21.8 Å². The molecule has 0 spiro atoms. The maximum atomic E-state index is 13.8. The molecule has 1 atom stereocenters. The predicted molar refractivity (Wildman–Crippen MR) is 129 cm³/mol. The van der Waals surface area contributed by atoms with Crippen LogP contribution in [0.1, 0.15) is 33.2 Å². The van der Waals surface area contributed by atoms with Gasteiger partial charge in [0.1, 0.15) is 17.6 Å². The zero-order valence-corrected chi connectivity index (χ0v) is 18.8. The topological polar surface area (TPSA) is 75.2 Å².